The maximum atomic E-state index is 5.49. The molecule has 2 atom stereocenters. The summed E-state index contributed by atoms with van der Waals surface area (Å²) in [6.45, 7) is 8.27. The van der Waals surface area contributed by atoms with Gasteiger partial charge < -0.3 is 10.1 Å². The zero-order valence-electron chi connectivity index (χ0n) is 13.1. The topological polar surface area (TPSA) is 55.2 Å². The number of nitrogens with zero attached hydrogens (tertiary/aromatic N) is 4. The molecule has 0 radical (unpaired) electrons. The highest BCUT2D eigenvalue weighted by Crippen LogP contribution is 2.26. The van der Waals surface area contributed by atoms with E-state index in [1.54, 1.807) is 4.68 Å². The highest BCUT2D eigenvalue weighted by Gasteiger charge is 2.38. The fourth-order valence-electron chi connectivity index (χ4n) is 3.10. The molecule has 1 saturated heterocycles. The third-order valence-electron chi connectivity index (χ3n) is 4.61. The molecular formula is C14H27N5O. The molecular weight excluding hydrogens is 254 g/mol. The molecule has 1 aromatic rings. The van der Waals surface area contributed by atoms with E-state index in [1.807, 2.05) is 20.3 Å². The zero-order valence-corrected chi connectivity index (χ0v) is 13.1. The van der Waals surface area contributed by atoms with Crippen LogP contribution in [0, 0.1) is 0 Å². The number of hydrogen-bond donors (Lipinski definition) is 1. The lowest BCUT2D eigenvalue weighted by molar-refractivity contribution is -0.0314. The van der Waals surface area contributed by atoms with E-state index in [1.165, 1.54) is 0 Å². The highest BCUT2D eigenvalue weighted by atomic mass is 16.5. The number of aryl methyl sites for hydroxylation is 1. The van der Waals surface area contributed by atoms with Gasteiger partial charge in [-0.15, -0.1) is 5.10 Å². The van der Waals surface area contributed by atoms with Crippen LogP contribution in [0.25, 0.3) is 0 Å². The molecule has 114 valence electrons. The summed E-state index contributed by atoms with van der Waals surface area (Å²) < 4.78 is 7.25. The van der Waals surface area contributed by atoms with Gasteiger partial charge >= 0.3 is 0 Å². The lowest BCUT2D eigenvalue weighted by atomic mass is 9.84. The summed E-state index contributed by atoms with van der Waals surface area (Å²) in [5, 5.41) is 11.7. The molecule has 2 rings (SSSR count). The lowest BCUT2D eigenvalue weighted by Gasteiger charge is -2.47. The highest BCUT2D eigenvalue weighted by molar-refractivity contribution is 5.04. The van der Waals surface area contributed by atoms with E-state index in [-0.39, 0.29) is 5.54 Å². The van der Waals surface area contributed by atoms with E-state index in [9.17, 15) is 0 Å². The van der Waals surface area contributed by atoms with E-state index in [0.29, 0.717) is 6.04 Å². The maximum absolute atomic E-state index is 5.49. The normalized spacial score (nSPS) is 21.6. The third-order valence-corrected chi connectivity index (χ3v) is 4.61. The molecule has 1 aromatic heterocycles. The Morgan fingerprint density at radius 1 is 1.45 bits per heavy atom. The Balaban J connectivity index is 2.12. The number of nitrogens with one attached hydrogen (secondary N) is 1. The Labute approximate surface area is 121 Å². The molecule has 2 unspecified atom stereocenters. The Kier molecular flexibility index (Phi) is 5.12. The quantitative estimate of drug-likeness (QED) is 0.820. The smallest absolute Gasteiger partial charge is 0.0843 e. The first-order chi connectivity index (χ1) is 9.60. The number of ether oxygens (including phenoxy) is 1. The predicted octanol–water partition coefficient (Wildman–Crippen LogP) is 0.447. The minimum Gasteiger partial charge on any atom is -0.379 e. The van der Waals surface area contributed by atoms with Crippen molar-refractivity contribution in [3.05, 3.63) is 11.9 Å². The fraction of sp³-hybridized carbons (Fsp3) is 0.857. The molecule has 0 amide bonds. The first kappa shape index (κ1) is 15.4. The van der Waals surface area contributed by atoms with E-state index in [2.05, 4.69) is 34.4 Å². The summed E-state index contributed by atoms with van der Waals surface area (Å²) in [6, 6.07) is 0.349. The van der Waals surface area contributed by atoms with Crippen molar-refractivity contribution in [1.82, 2.24) is 25.2 Å². The molecule has 0 aliphatic carbocycles. The molecule has 1 aliphatic rings. The van der Waals surface area contributed by atoms with Gasteiger partial charge in [0, 0.05) is 44.3 Å². The molecule has 2 heterocycles. The first-order valence-electron chi connectivity index (χ1n) is 7.45. The fourth-order valence-corrected chi connectivity index (χ4v) is 3.10. The van der Waals surface area contributed by atoms with Gasteiger partial charge in [0.2, 0.25) is 0 Å². The molecule has 0 spiro atoms. The van der Waals surface area contributed by atoms with Gasteiger partial charge in [0.15, 0.2) is 0 Å². The number of likely N-dealkylation sites (N-methyl/N-ethyl adjacent to an activating group) is 1. The van der Waals surface area contributed by atoms with Gasteiger partial charge in [-0.3, -0.25) is 9.58 Å². The Morgan fingerprint density at radius 2 is 2.15 bits per heavy atom. The van der Waals surface area contributed by atoms with Crippen LogP contribution in [0.1, 0.15) is 26.0 Å². The van der Waals surface area contributed by atoms with E-state index >= 15 is 0 Å². The first-order valence-corrected chi connectivity index (χ1v) is 7.45. The van der Waals surface area contributed by atoms with Crippen molar-refractivity contribution < 1.29 is 4.74 Å². The van der Waals surface area contributed by atoms with E-state index in [4.69, 9.17) is 4.74 Å². The van der Waals surface area contributed by atoms with Crippen LogP contribution in [0.4, 0.5) is 0 Å². The van der Waals surface area contributed by atoms with Crippen molar-refractivity contribution >= 4 is 0 Å². The molecule has 1 aliphatic heterocycles. The molecule has 0 aromatic carbocycles. The maximum Gasteiger partial charge on any atom is 0.0843 e. The van der Waals surface area contributed by atoms with Crippen LogP contribution >= 0.6 is 0 Å². The molecule has 1 fully saturated rings. The zero-order chi connectivity index (χ0) is 14.6. The largest absolute Gasteiger partial charge is 0.379 e. The van der Waals surface area contributed by atoms with Gasteiger partial charge in [-0.25, -0.2) is 0 Å². The van der Waals surface area contributed by atoms with Crippen molar-refractivity contribution in [2.75, 3.05) is 33.4 Å². The summed E-state index contributed by atoms with van der Waals surface area (Å²) >= 11 is 0. The van der Waals surface area contributed by atoms with Gasteiger partial charge in [-0.1, -0.05) is 12.1 Å². The van der Waals surface area contributed by atoms with Crippen LogP contribution in [0.15, 0.2) is 6.20 Å². The molecule has 1 N–H and O–H groups in total. The minimum atomic E-state index is 0.107. The summed E-state index contributed by atoms with van der Waals surface area (Å²) in [5.74, 6) is 0. The SMILES string of the molecule is CCC(C)(C(Cc1cn(C)nn1)NC)N1CCOCC1. The van der Waals surface area contributed by atoms with Crippen LogP contribution in [-0.4, -0.2) is 64.8 Å². The van der Waals surface area contributed by atoms with E-state index < -0.39 is 0 Å². The Hall–Kier alpha value is -0.980. The van der Waals surface area contributed by atoms with Crippen molar-refractivity contribution in [2.45, 2.75) is 38.3 Å². The molecule has 20 heavy (non-hydrogen) atoms. The Morgan fingerprint density at radius 3 is 2.65 bits per heavy atom. The van der Waals surface area contributed by atoms with Crippen molar-refractivity contribution in [1.29, 1.82) is 0 Å². The van der Waals surface area contributed by atoms with Gasteiger partial charge in [0.1, 0.15) is 0 Å². The average Bonchev–Trinajstić information content (AvgIpc) is 2.90. The summed E-state index contributed by atoms with van der Waals surface area (Å²) in [5.41, 5.74) is 1.15. The lowest BCUT2D eigenvalue weighted by Crippen LogP contribution is -2.62. The third kappa shape index (κ3) is 3.19. The number of morpholine rings is 1. The average molecular weight is 281 g/mol. The van der Waals surface area contributed by atoms with Gasteiger partial charge in [-0.05, 0) is 20.4 Å². The van der Waals surface area contributed by atoms with E-state index in [0.717, 1.165) is 44.8 Å². The molecule has 0 saturated carbocycles. The van der Waals surface area contributed by atoms with Crippen LogP contribution in [-0.2, 0) is 18.2 Å². The van der Waals surface area contributed by atoms with Gasteiger partial charge in [0.25, 0.3) is 0 Å². The van der Waals surface area contributed by atoms with Crippen molar-refractivity contribution in [2.24, 2.45) is 7.05 Å². The van der Waals surface area contributed by atoms with Crippen molar-refractivity contribution in [3.63, 3.8) is 0 Å². The van der Waals surface area contributed by atoms with Crippen molar-refractivity contribution in [3.8, 4) is 0 Å². The summed E-state index contributed by atoms with van der Waals surface area (Å²) in [7, 11) is 3.95. The van der Waals surface area contributed by atoms with Gasteiger partial charge in [0.05, 0.1) is 18.9 Å². The van der Waals surface area contributed by atoms with Crippen LogP contribution in [0.2, 0.25) is 0 Å². The summed E-state index contributed by atoms with van der Waals surface area (Å²) in [4.78, 5) is 2.55. The minimum absolute atomic E-state index is 0.107. The second-order valence-electron chi connectivity index (χ2n) is 5.74. The number of rotatable bonds is 6. The Bertz CT molecular complexity index is 415. The molecule has 0 bridgehead atoms. The van der Waals surface area contributed by atoms with Crippen LogP contribution < -0.4 is 5.32 Å². The second kappa shape index (κ2) is 6.65. The number of aromatic nitrogens is 3. The van der Waals surface area contributed by atoms with Gasteiger partial charge in [-0.2, -0.15) is 0 Å². The monoisotopic (exact) mass is 281 g/mol. The second-order valence-corrected chi connectivity index (χ2v) is 5.74. The van der Waals surface area contributed by atoms with Crippen LogP contribution in [0.3, 0.4) is 0 Å². The predicted molar refractivity (Wildman–Crippen MR) is 78.6 cm³/mol. The van der Waals surface area contributed by atoms with Crippen LogP contribution in [0.5, 0.6) is 0 Å². The molecule has 6 heteroatoms. The number of hydrogen-bond acceptors (Lipinski definition) is 5. The molecule has 6 nitrogen and oxygen atoms in total. The summed E-state index contributed by atoms with van der Waals surface area (Å²) in [6.07, 6.45) is 3.99. The standard InChI is InChI=1S/C14H27N5O/c1-5-14(2,19-6-8-20-9-7-19)13(15-3)10-12-11-18(4)17-16-12/h11,13,15H,5-10H2,1-4H3.